The number of esters is 3. The molecule has 2 aliphatic heterocycles. The summed E-state index contributed by atoms with van der Waals surface area (Å²) in [5, 5.41) is 16.1. The number of rotatable bonds is 11. The van der Waals surface area contributed by atoms with Gasteiger partial charge >= 0.3 is 17.9 Å². The number of thioether (sulfide) groups is 1. The van der Waals surface area contributed by atoms with Crippen molar-refractivity contribution in [3.63, 3.8) is 0 Å². The quantitative estimate of drug-likeness (QED) is 0.124. The number of hydrogen-bond acceptors (Lipinski definition) is 15. The summed E-state index contributed by atoms with van der Waals surface area (Å²) in [6.07, 6.45) is 0.474. The van der Waals surface area contributed by atoms with Gasteiger partial charge < -0.3 is 28.4 Å². The van der Waals surface area contributed by atoms with Crippen LogP contribution < -0.4 is 0 Å². The number of methoxy groups -OCH3 is 1. The molecular weight excluding hydrogens is 727 g/mol. The van der Waals surface area contributed by atoms with Crippen molar-refractivity contribution in [3.8, 4) is 22.6 Å². The molecule has 282 valence electrons. The van der Waals surface area contributed by atoms with Crippen molar-refractivity contribution < 1.29 is 56.0 Å². The van der Waals surface area contributed by atoms with E-state index in [1.165, 1.54) is 50.5 Å². The van der Waals surface area contributed by atoms with Crippen molar-refractivity contribution >= 4 is 29.7 Å². The van der Waals surface area contributed by atoms with Crippen LogP contribution in [0.1, 0.15) is 32.9 Å². The Kier molecular flexibility index (Phi) is 11.7. The van der Waals surface area contributed by atoms with E-state index >= 15 is 0 Å². The first-order valence-electron chi connectivity index (χ1n) is 16.2. The van der Waals surface area contributed by atoms with Crippen LogP contribution in [0.15, 0.2) is 48.9 Å². The smallest absolute Gasteiger partial charge is 0.303 e. The largest absolute Gasteiger partial charge is 0.463 e. The zero-order valence-electron chi connectivity index (χ0n) is 28.7. The predicted molar refractivity (Wildman–Crippen MR) is 176 cm³/mol. The monoisotopic (exact) mass is 761 g/mol. The minimum Gasteiger partial charge on any atom is -0.463 e. The maximum Gasteiger partial charge on any atom is 0.303 e. The summed E-state index contributed by atoms with van der Waals surface area (Å²) in [6.45, 7) is 3.51. The molecule has 0 N–H and O–H groups in total. The molecule has 2 fully saturated rings. The van der Waals surface area contributed by atoms with E-state index in [9.17, 15) is 27.6 Å². The number of carbonyl (C=O) groups is 3. The zero-order valence-corrected chi connectivity index (χ0v) is 29.5. The number of carbonyl (C=O) groups excluding carboxylic acids is 3. The second kappa shape index (κ2) is 16.4. The molecule has 0 bridgehead atoms. The van der Waals surface area contributed by atoms with Crippen molar-refractivity contribution in [2.24, 2.45) is 0 Å². The second-order valence-corrected chi connectivity index (χ2v) is 13.4. The van der Waals surface area contributed by atoms with E-state index in [0.29, 0.717) is 11.4 Å². The van der Waals surface area contributed by atoms with E-state index in [1.807, 2.05) is 6.07 Å². The summed E-state index contributed by atoms with van der Waals surface area (Å²) in [4.78, 5) is 41.1. The number of aromatic nitrogens is 7. The number of ether oxygens (including phenoxy) is 6. The van der Waals surface area contributed by atoms with Crippen molar-refractivity contribution in [1.82, 2.24) is 35.0 Å². The molecule has 0 saturated carbocycles. The molecule has 20 heteroatoms. The van der Waals surface area contributed by atoms with Crippen molar-refractivity contribution in [1.29, 1.82) is 0 Å². The van der Waals surface area contributed by atoms with E-state index in [4.69, 9.17) is 28.4 Å². The number of hydrogen-bond donors (Lipinski definition) is 0. The van der Waals surface area contributed by atoms with Crippen LogP contribution in [0.25, 0.3) is 22.6 Å². The van der Waals surface area contributed by atoms with Crippen LogP contribution >= 0.6 is 11.8 Å². The zero-order chi connectivity index (χ0) is 37.8. The van der Waals surface area contributed by atoms with E-state index in [0.717, 1.165) is 12.1 Å². The third-order valence-corrected chi connectivity index (χ3v) is 9.84. The molecular formula is C33H34F3N7O9S. The average Bonchev–Trinajstić information content (AvgIpc) is 3.82. The summed E-state index contributed by atoms with van der Waals surface area (Å²) in [6, 6.07) is 5.21. The van der Waals surface area contributed by atoms with Crippen LogP contribution in [-0.2, 0) is 42.8 Å². The van der Waals surface area contributed by atoms with Gasteiger partial charge in [-0.2, -0.15) is 0 Å². The Bertz CT molecular complexity index is 1910. The maximum atomic E-state index is 14.1. The molecule has 0 amide bonds. The fourth-order valence-corrected chi connectivity index (χ4v) is 7.70. The first-order chi connectivity index (χ1) is 25.4. The van der Waals surface area contributed by atoms with Gasteiger partial charge in [-0.1, -0.05) is 16.5 Å². The molecule has 0 unspecified atom stereocenters. The molecule has 4 aromatic rings. The van der Waals surface area contributed by atoms with Gasteiger partial charge in [0.2, 0.25) is 0 Å². The van der Waals surface area contributed by atoms with Gasteiger partial charge in [0.05, 0.1) is 36.6 Å². The van der Waals surface area contributed by atoms with Gasteiger partial charge in [-0.05, 0) is 24.3 Å². The van der Waals surface area contributed by atoms with Crippen LogP contribution in [0.5, 0.6) is 0 Å². The number of nitrogens with zero attached hydrogens (tertiary/aromatic N) is 7. The Morgan fingerprint density at radius 1 is 0.868 bits per heavy atom. The van der Waals surface area contributed by atoms with Gasteiger partial charge in [-0.25, -0.2) is 22.5 Å². The van der Waals surface area contributed by atoms with Crippen LogP contribution in [0.3, 0.4) is 0 Å². The Morgan fingerprint density at radius 2 is 1.55 bits per heavy atom. The third kappa shape index (κ3) is 8.50. The van der Waals surface area contributed by atoms with E-state index < -0.39 is 82.5 Å². The van der Waals surface area contributed by atoms with Gasteiger partial charge in [0.1, 0.15) is 53.8 Å². The highest BCUT2D eigenvalue weighted by Crippen LogP contribution is 2.43. The molecule has 2 aliphatic rings. The Labute approximate surface area is 304 Å². The van der Waals surface area contributed by atoms with E-state index in [-0.39, 0.29) is 31.1 Å². The molecule has 8 atom stereocenters. The molecule has 16 nitrogen and oxygen atoms in total. The van der Waals surface area contributed by atoms with Crippen LogP contribution in [-0.4, -0.2) is 115 Å². The van der Waals surface area contributed by atoms with Crippen molar-refractivity contribution in [3.05, 3.63) is 66.4 Å². The lowest BCUT2D eigenvalue weighted by Crippen LogP contribution is -2.58. The molecule has 6 rings (SSSR count). The third-order valence-electron chi connectivity index (χ3n) is 8.44. The van der Waals surface area contributed by atoms with E-state index in [2.05, 4.69) is 25.6 Å². The predicted octanol–water partition coefficient (Wildman–Crippen LogP) is 3.10. The lowest BCUT2D eigenvalue weighted by atomic mass is 9.96. The minimum absolute atomic E-state index is 0.0391. The molecule has 2 saturated heterocycles. The summed E-state index contributed by atoms with van der Waals surface area (Å²) in [7, 11) is 1.38. The van der Waals surface area contributed by atoms with E-state index in [1.54, 1.807) is 29.2 Å². The van der Waals surface area contributed by atoms with Gasteiger partial charge in [0, 0.05) is 39.6 Å². The molecule has 5 heterocycles. The summed E-state index contributed by atoms with van der Waals surface area (Å²) >= 11 is 1.19. The molecule has 0 spiro atoms. The number of halogens is 3. The first kappa shape index (κ1) is 37.8. The minimum atomic E-state index is -1.65. The normalized spacial score (nSPS) is 25.8. The van der Waals surface area contributed by atoms with Crippen molar-refractivity contribution in [2.45, 2.75) is 68.0 Å². The molecule has 3 aromatic heterocycles. The van der Waals surface area contributed by atoms with Gasteiger partial charge in [-0.15, -0.1) is 22.0 Å². The fourth-order valence-electron chi connectivity index (χ4n) is 6.16. The number of benzene rings is 1. The molecule has 0 radical (unpaired) electrons. The first-order valence-corrected chi connectivity index (χ1v) is 17.2. The van der Waals surface area contributed by atoms with Crippen LogP contribution in [0.2, 0.25) is 0 Å². The highest BCUT2D eigenvalue weighted by molar-refractivity contribution is 8.00. The Balaban J connectivity index is 1.35. The number of pyridine rings is 1. The van der Waals surface area contributed by atoms with Gasteiger partial charge in [-0.3, -0.25) is 19.4 Å². The van der Waals surface area contributed by atoms with Gasteiger partial charge in [0.25, 0.3) is 0 Å². The average molecular weight is 762 g/mol. The fraction of sp³-hybridized carbons (Fsp3) is 0.455. The summed E-state index contributed by atoms with van der Waals surface area (Å²) in [5.41, 5.74) is -0.0436. The SMILES string of the molecule is CO[C@@H]1[C@@H](n2cc(-c3cc(F)c(F)c(F)c3)nn2)[C@@H](OC(C)=O)[C@@H](COC(C)=O)O[C@H]1S[C@@H]1COC[C@H](n2cc(-c3ccccn3)nn2)[C@H]1OC(C)=O. The Morgan fingerprint density at radius 3 is 2.21 bits per heavy atom. The molecule has 1 aromatic carbocycles. The standard InChI is InChI=1S/C33H34F3N7O9S/c1-16(44)49-14-26-31(51-18(3)46)29(43-11-23(38-41-43)19-9-20(34)28(36)21(35)10-19)32(47-4)33(52-26)53-27-15-48-13-25(30(27)50-17(2)45)42-12-24(39-40-42)22-7-5-6-8-37-22/h5-12,25-27,29-33H,13-15H2,1-4H3/t25-,26+,27+,29-,30+,31-,32+,33-/m0/s1. The molecule has 53 heavy (non-hydrogen) atoms. The second-order valence-electron chi connectivity index (χ2n) is 12.1. The van der Waals surface area contributed by atoms with Crippen molar-refractivity contribution in [2.75, 3.05) is 26.9 Å². The molecule has 0 aliphatic carbocycles. The summed E-state index contributed by atoms with van der Waals surface area (Å²) in [5.74, 6) is -6.41. The summed E-state index contributed by atoms with van der Waals surface area (Å²) < 4.78 is 80.1. The highest BCUT2D eigenvalue weighted by atomic mass is 32.2. The maximum absolute atomic E-state index is 14.1. The van der Waals surface area contributed by atoms with Crippen LogP contribution in [0.4, 0.5) is 13.2 Å². The lowest BCUT2D eigenvalue weighted by Gasteiger charge is -2.46. The van der Waals surface area contributed by atoms with Gasteiger partial charge in [0.15, 0.2) is 23.6 Å². The van der Waals surface area contributed by atoms with Crippen LogP contribution in [0, 0.1) is 17.5 Å². The topological polar surface area (TPSA) is 181 Å². The Hall–Kier alpha value is -4.92. The lowest BCUT2D eigenvalue weighted by molar-refractivity contribution is -0.208. The highest BCUT2D eigenvalue weighted by Gasteiger charge is 2.52.